The van der Waals surface area contributed by atoms with Crippen molar-refractivity contribution in [3.63, 3.8) is 0 Å². The molecule has 0 fully saturated rings. The fourth-order valence-corrected chi connectivity index (χ4v) is 3.83. The third kappa shape index (κ3) is 5.07. The molecule has 0 aliphatic carbocycles. The fraction of sp³-hybridized carbons (Fsp3) is 0.136. The van der Waals surface area contributed by atoms with Crippen LogP contribution in [0.25, 0.3) is 5.95 Å². The molecule has 0 atom stereocenters. The molecule has 0 saturated heterocycles. The number of nitrogens with two attached hydrogens (primary N) is 1. The highest BCUT2D eigenvalue weighted by Crippen LogP contribution is 2.21. The van der Waals surface area contributed by atoms with Crippen molar-refractivity contribution in [3.05, 3.63) is 77.4 Å². The lowest BCUT2D eigenvalue weighted by Gasteiger charge is -2.11. The standard InChI is InChI=1S/C22H21FN8O2S/c1-13-11-14(2)31(29-13)21-27-28-22(30(21)24)34-12-19(32)26-18-6-4-3-5-17(18)20(33)25-16-9-7-15(23)8-10-16/h3-11H,12,24H2,1-2H3,(H,25,33)(H,26,32). The summed E-state index contributed by atoms with van der Waals surface area (Å²) in [5.74, 6) is 5.22. The second-order valence-electron chi connectivity index (χ2n) is 7.33. The number of hydrogen-bond acceptors (Lipinski definition) is 7. The van der Waals surface area contributed by atoms with E-state index in [2.05, 4.69) is 25.9 Å². The first-order valence-electron chi connectivity index (χ1n) is 10.1. The van der Waals surface area contributed by atoms with Crippen LogP contribution in [0.1, 0.15) is 21.7 Å². The van der Waals surface area contributed by atoms with E-state index in [0.717, 1.165) is 23.1 Å². The molecule has 2 aromatic heterocycles. The van der Waals surface area contributed by atoms with E-state index in [0.29, 0.717) is 22.5 Å². The van der Waals surface area contributed by atoms with Crippen LogP contribution in [-0.2, 0) is 4.79 Å². The quantitative estimate of drug-likeness (QED) is 0.274. The van der Waals surface area contributed by atoms with E-state index in [-0.39, 0.29) is 17.2 Å². The Labute approximate surface area is 198 Å². The van der Waals surface area contributed by atoms with Gasteiger partial charge >= 0.3 is 0 Å². The number of benzene rings is 2. The van der Waals surface area contributed by atoms with Crippen molar-refractivity contribution in [2.45, 2.75) is 19.0 Å². The molecular weight excluding hydrogens is 459 g/mol. The predicted octanol–water partition coefficient (Wildman–Crippen LogP) is 2.92. The van der Waals surface area contributed by atoms with Crippen LogP contribution < -0.4 is 16.5 Å². The zero-order valence-electron chi connectivity index (χ0n) is 18.3. The Morgan fingerprint density at radius 2 is 1.79 bits per heavy atom. The van der Waals surface area contributed by atoms with Crippen molar-refractivity contribution < 1.29 is 14.0 Å². The van der Waals surface area contributed by atoms with Gasteiger partial charge in [0, 0.05) is 11.4 Å². The number of amides is 2. The molecule has 174 valence electrons. The van der Waals surface area contributed by atoms with E-state index in [1.807, 2.05) is 19.9 Å². The van der Waals surface area contributed by atoms with Crippen molar-refractivity contribution in [2.24, 2.45) is 0 Å². The smallest absolute Gasteiger partial charge is 0.271 e. The number of para-hydroxylation sites is 1. The summed E-state index contributed by atoms with van der Waals surface area (Å²) < 4.78 is 15.9. The maximum Gasteiger partial charge on any atom is 0.271 e. The molecule has 2 aromatic carbocycles. The summed E-state index contributed by atoms with van der Waals surface area (Å²) in [7, 11) is 0. The van der Waals surface area contributed by atoms with Crippen LogP contribution in [-0.4, -0.2) is 42.2 Å². The monoisotopic (exact) mass is 480 g/mol. The summed E-state index contributed by atoms with van der Waals surface area (Å²) >= 11 is 1.10. The Morgan fingerprint density at radius 3 is 2.50 bits per heavy atom. The molecular formula is C22H21FN8O2S. The summed E-state index contributed by atoms with van der Waals surface area (Å²) in [5, 5.41) is 18.2. The van der Waals surface area contributed by atoms with Gasteiger partial charge in [0.05, 0.1) is 22.7 Å². The number of aromatic nitrogens is 5. The summed E-state index contributed by atoms with van der Waals surface area (Å²) in [5.41, 5.74) is 2.70. The number of nitrogens with zero attached hydrogens (tertiary/aromatic N) is 5. The molecule has 10 nitrogen and oxygen atoms in total. The summed E-state index contributed by atoms with van der Waals surface area (Å²) in [6.45, 7) is 3.73. The minimum atomic E-state index is -0.439. The molecule has 0 saturated carbocycles. The number of thioether (sulfide) groups is 1. The molecule has 34 heavy (non-hydrogen) atoms. The van der Waals surface area contributed by atoms with Crippen molar-refractivity contribution in [1.82, 2.24) is 24.7 Å². The number of carbonyl (C=O) groups excluding carboxylic acids is 2. The van der Waals surface area contributed by atoms with Gasteiger partial charge < -0.3 is 16.5 Å². The van der Waals surface area contributed by atoms with Gasteiger partial charge in [0.2, 0.25) is 11.1 Å². The molecule has 2 amide bonds. The number of nitrogen functional groups attached to an aromatic ring is 1. The Bertz CT molecular complexity index is 1350. The topological polar surface area (TPSA) is 133 Å². The van der Waals surface area contributed by atoms with Gasteiger partial charge in [-0.1, -0.05) is 23.9 Å². The van der Waals surface area contributed by atoms with Crippen molar-refractivity contribution in [2.75, 3.05) is 22.2 Å². The fourth-order valence-electron chi connectivity index (χ4n) is 3.18. The molecule has 12 heteroatoms. The lowest BCUT2D eigenvalue weighted by Crippen LogP contribution is -2.20. The molecule has 0 bridgehead atoms. The molecule has 2 heterocycles. The lowest BCUT2D eigenvalue weighted by molar-refractivity contribution is -0.113. The van der Waals surface area contributed by atoms with Crippen LogP contribution >= 0.6 is 11.8 Å². The van der Waals surface area contributed by atoms with Gasteiger partial charge in [0.1, 0.15) is 5.82 Å². The first-order chi connectivity index (χ1) is 16.3. The number of anilines is 2. The third-order valence-electron chi connectivity index (χ3n) is 4.73. The van der Waals surface area contributed by atoms with Crippen LogP contribution in [0.15, 0.2) is 59.8 Å². The molecule has 4 aromatic rings. The van der Waals surface area contributed by atoms with Crippen molar-refractivity contribution >= 4 is 35.0 Å². The maximum atomic E-state index is 13.1. The largest absolute Gasteiger partial charge is 0.334 e. The summed E-state index contributed by atoms with van der Waals surface area (Å²) in [6.07, 6.45) is 0. The van der Waals surface area contributed by atoms with Crippen molar-refractivity contribution in [1.29, 1.82) is 0 Å². The average molecular weight is 481 g/mol. The van der Waals surface area contributed by atoms with Gasteiger partial charge in [-0.2, -0.15) is 5.10 Å². The van der Waals surface area contributed by atoms with Gasteiger partial charge in [0.15, 0.2) is 0 Å². The predicted molar refractivity (Wildman–Crippen MR) is 127 cm³/mol. The zero-order chi connectivity index (χ0) is 24.2. The SMILES string of the molecule is Cc1cc(C)n(-c2nnc(SCC(=O)Nc3ccccc3C(=O)Nc3ccc(F)cc3)n2N)n1. The molecule has 4 rings (SSSR count). The van der Waals surface area contributed by atoms with E-state index >= 15 is 0 Å². The maximum absolute atomic E-state index is 13.1. The van der Waals surface area contributed by atoms with Gasteiger partial charge in [0.25, 0.3) is 11.9 Å². The van der Waals surface area contributed by atoms with E-state index < -0.39 is 11.7 Å². The summed E-state index contributed by atoms with van der Waals surface area (Å²) in [4.78, 5) is 25.3. The average Bonchev–Trinajstić information content (AvgIpc) is 3.34. The number of carbonyl (C=O) groups is 2. The lowest BCUT2D eigenvalue weighted by atomic mass is 10.1. The Morgan fingerprint density at radius 1 is 1.06 bits per heavy atom. The van der Waals surface area contributed by atoms with Crippen LogP contribution in [0.3, 0.4) is 0 Å². The second-order valence-corrected chi connectivity index (χ2v) is 8.28. The van der Waals surface area contributed by atoms with Crippen molar-refractivity contribution in [3.8, 4) is 5.95 Å². The van der Waals surface area contributed by atoms with E-state index in [9.17, 15) is 14.0 Å². The summed E-state index contributed by atoms with van der Waals surface area (Å²) in [6, 6.07) is 13.9. The number of halogens is 1. The van der Waals surface area contributed by atoms with Crippen LogP contribution in [0, 0.1) is 19.7 Å². The van der Waals surface area contributed by atoms with Crippen LogP contribution in [0.4, 0.5) is 15.8 Å². The highest BCUT2D eigenvalue weighted by molar-refractivity contribution is 7.99. The number of aryl methyl sites for hydroxylation is 2. The van der Waals surface area contributed by atoms with Crippen LogP contribution in [0.2, 0.25) is 0 Å². The number of nitrogens with one attached hydrogen (secondary N) is 2. The molecule has 0 aliphatic rings. The Hall–Kier alpha value is -4.19. The normalized spacial score (nSPS) is 10.8. The number of hydrogen-bond donors (Lipinski definition) is 3. The van der Waals surface area contributed by atoms with Gasteiger partial charge in [-0.25, -0.2) is 13.7 Å². The number of rotatable bonds is 7. The zero-order valence-corrected chi connectivity index (χ0v) is 19.1. The van der Waals surface area contributed by atoms with Gasteiger partial charge in [-0.05, 0) is 56.3 Å². The van der Waals surface area contributed by atoms with E-state index in [1.54, 1.807) is 28.9 Å². The molecule has 0 spiro atoms. The highest BCUT2D eigenvalue weighted by atomic mass is 32.2. The third-order valence-corrected chi connectivity index (χ3v) is 5.67. The van der Waals surface area contributed by atoms with Gasteiger partial charge in [-0.3, -0.25) is 9.59 Å². The van der Waals surface area contributed by atoms with E-state index in [1.165, 1.54) is 28.9 Å². The minimum Gasteiger partial charge on any atom is -0.334 e. The van der Waals surface area contributed by atoms with E-state index in [4.69, 9.17) is 5.84 Å². The molecule has 0 unspecified atom stereocenters. The Balaban J connectivity index is 1.41. The first kappa shape index (κ1) is 23.0. The molecule has 0 aliphatic heterocycles. The highest BCUT2D eigenvalue weighted by Gasteiger charge is 2.17. The molecule has 0 radical (unpaired) electrons. The first-order valence-corrected chi connectivity index (χ1v) is 11.1. The minimum absolute atomic E-state index is 0.0135. The van der Waals surface area contributed by atoms with Gasteiger partial charge in [-0.15, -0.1) is 10.2 Å². The second kappa shape index (κ2) is 9.75. The molecule has 4 N–H and O–H groups in total. The van der Waals surface area contributed by atoms with Crippen LogP contribution in [0.5, 0.6) is 0 Å². The Kier molecular flexibility index (Phi) is 6.59.